The summed E-state index contributed by atoms with van der Waals surface area (Å²) in [5, 5.41) is 4.51. The van der Waals surface area contributed by atoms with E-state index in [2.05, 4.69) is 5.10 Å². The monoisotopic (exact) mass is 404 g/mol. The summed E-state index contributed by atoms with van der Waals surface area (Å²) in [6.45, 7) is 3.74. The molecule has 1 saturated heterocycles. The van der Waals surface area contributed by atoms with Crippen molar-refractivity contribution in [3.63, 3.8) is 0 Å². The highest BCUT2D eigenvalue weighted by Gasteiger charge is 2.31. The molecule has 8 heteroatoms. The van der Waals surface area contributed by atoms with Crippen molar-refractivity contribution in [1.29, 1.82) is 0 Å². The van der Waals surface area contributed by atoms with E-state index in [0.29, 0.717) is 23.5 Å². The lowest BCUT2D eigenvalue weighted by atomic mass is 10.1. The molecule has 1 aliphatic rings. The fourth-order valence-electron chi connectivity index (χ4n) is 3.49. The number of aryl methyl sites for hydroxylation is 1. The fourth-order valence-corrected chi connectivity index (χ4v) is 5.18. The van der Waals surface area contributed by atoms with E-state index in [1.165, 1.54) is 13.2 Å². The predicted octanol–water partition coefficient (Wildman–Crippen LogP) is 2.77. The SMILES string of the molecule is COc1ccc(C(=O)/C=C/c2c(C)nn([C@@H]3CCS(=O)(=O)C3)c2C)c(OC)c1. The molecule has 1 aromatic heterocycles. The summed E-state index contributed by atoms with van der Waals surface area (Å²) in [7, 11) is 0.0575. The smallest absolute Gasteiger partial charge is 0.189 e. The van der Waals surface area contributed by atoms with Crippen molar-refractivity contribution in [3.8, 4) is 11.5 Å². The Hall–Kier alpha value is -2.61. The summed E-state index contributed by atoms with van der Waals surface area (Å²) < 4.78 is 35.8. The van der Waals surface area contributed by atoms with Crippen LogP contribution in [-0.4, -0.2) is 49.7 Å². The third kappa shape index (κ3) is 3.96. The third-order valence-electron chi connectivity index (χ3n) is 5.01. The van der Waals surface area contributed by atoms with Crippen LogP contribution in [-0.2, 0) is 9.84 Å². The molecule has 28 heavy (non-hydrogen) atoms. The number of ketones is 1. The Morgan fingerprint density at radius 1 is 1.25 bits per heavy atom. The van der Waals surface area contributed by atoms with Gasteiger partial charge in [0.2, 0.25) is 0 Å². The topological polar surface area (TPSA) is 87.5 Å². The van der Waals surface area contributed by atoms with Gasteiger partial charge in [-0.05, 0) is 44.6 Å². The molecule has 1 atom stereocenters. The van der Waals surface area contributed by atoms with Gasteiger partial charge in [0.1, 0.15) is 11.5 Å². The number of carbonyl (C=O) groups excluding carboxylic acids is 1. The molecule has 150 valence electrons. The van der Waals surface area contributed by atoms with Gasteiger partial charge in [-0.2, -0.15) is 5.10 Å². The Labute approximate surface area is 164 Å². The van der Waals surface area contributed by atoms with Gasteiger partial charge in [-0.15, -0.1) is 0 Å². The molecular weight excluding hydrogens is 380 g/mol. The Morgan fingerprint density at radius 3 is 2.61 bits per heavy atom. The summed E-state index contributed by atoms with van der Waals surface area (Å²) in [5.41, 5.74) is 2.87. The summed E-state index contributed by atoms with van der Waals surface area (Å²) in [6.07, 6.45) is 3.77. The molecule has 2 heterocycles. The maximum atomic E-state index is 12.7. The Morgan fingerprint density at radius 2 is 2.00 bits per heavy atom. The molecule has 0 aliphatic carbocycles. The average Bonchev–Trinajstić information content (AvgIpc) is 3.17. The molecule has 0 unspecified atom stereocenters. The molecule has 0 radical (unpaired) electrons. The molecule has 2 aromatic rings. The first-order chi connectivity index (χ1) is 13.3. The summed E-state index contributed by atoms with van der Waals surface area (Å²) >= 11 is 0. The molecule has 1 fully saturated rings. The first kappa shape index (κ1) is 20.1. The van der Waals surface area contributed by atoms with Crippen LogP contribution in [0.15, 0.2) is 24.3 Å². The number of sulfone groups is 1. The van der Waals surface area contributed by atoms with Crippen molar-refractivity contribution in [1.82, 2.24) is 9.78 Å². The maximum absolute atomic E-state index is 12.7. The normalized spacial score (nSPS) is 18.5. The number of methoxy groups -OCH3 is 2. The number of hydrogen-bond donors (Lipinski definition) is 0. The zero-order valence-electron chi connectivity index (χ0n) is 16.4. The lowest BCUT2D eigenvalue weighted by Gasteiger charge is -2.11. The lowest BCUT2D eigenvalue weighted by Crippen LogP contribution is -2.13. The number of benzene rings is 1. The second-order valence-electron chi connectivity index (χ2n) is 6.85. The first-order valence-corrected chi connectivity index (χ1v) is 10.8. The van der Waals surface area contributed by atoms with Gasteiger partial charge >= 0.3 is 0 Å². The molecule has 7 nitrogen and oxygen atoms in total. The molecular formula is C20H24N2O5S. The van der Waals surface area contributed by atoms with Crippen LogP contribution in [0.4, 0.5) is 0 Å². The largest absolute Gasteiger partial charge is 0.497 e. The molecule has 0 amide bonds. The van der Waals surface area contributed by atoms with Crippen LogP contribution in [0.25, 0.3) is 6.08 Å². The van der Waals surface area contributed by atoms with E-state index in [1.54, 1.807) is 36.1 Å². The quantitative estimate of drug-likeness (QED) is 0.543. The summed E-state index contributed by atoms with van der Waals surface area (Å²) in [4.78, 5) is 12.7. The minimum absolute atomic E-state index is 0.111. The van der Waals surface area contributed by atoms with Gasteiger partial charge in [0.05, 0.1) is 43.0 Å². The van der Waals surface area contributed by atoms with Gasteiger partial charge in [0, 0.05) is 17.3 Å². The molecule has 0 bridgehead atoms. The average molecular weight is 404 g/mol. The molecule has 1 aromatic carbocycles. The highest BCUT2D eigenvalue weighted by molar-refractivity contribution is 7.91. The lowest BCUT2D eigenvalue weighted by molar-refractivity contribution is 0.104. The summed E-state index contributed by atoms with van der Waals surface area (Å²) in [6, 6.07) is 4.88. The van der Waals surface area contributed by atoms with Crippen LogP contribution in [0.5, 0.6) is 11.5 Å². The van der Waals surface area contributed by atoms with Gasteiger partial charge in [-0.25, -0.2) is 8.42 Å². The number of rotatable bonds is 6. The Kier molecular flexibility index (Phi) is 5.60. The van der Waals surface area contributed by atoms with Crippen molar-refractivity contribution in [2.45, 2.75) is 26.3 Å². The van der Waals surface area contributed by atoms with Gasteiger partial charge in [0.15, 0.2) is 15.6 Å². The van der Waals surface area contributed by atoms with Crippen LogP contribution in [0, 0.1) is 13.8 Å². The number of ether oxygens (including phenoxy) is 2. The maximum Gasteiger partial charge on any atom is 0.189 e. The van der Waals surface area contributed by atoms with Gasteiger partial charge in [-0.1, -0.05) is 0 Å². The van der Waals surface area contributed by atoms with Crippen molar-refractivity contribution >= 4 is 21.7 Å². The molecule has 1 aliphatic heterocycles. The second kappa shape index (κ2) is 7.79. The number of allylic oxidation sites excluding steroid dienone is 1. The zero-order chi connectivity index (χ0) is 20.5. The van der Waals surface area contributed by atoms with Gasteiger partial charge < -0.3 is 9.47 Å². The van der Waals surface area contributed by atoms with Gasteiger partial charge in [-0.3, -0.25) is 9.48 Å². The second-order valence-corrected chi connectivity index (χ2v) is 9.08. The predicted molar refractivity (Wildman–Crippen MR) is 107 cm³/mol. The van der Waals surface area contributed by atoms with Crippen LogP contribution < -0.4 is 9.47 Å². The van der Waals surface area contributed by atoms with E-state index in [9.17, 15) is 13.2 Å². The van der Waals surface area contributed by atoms with Crippen molar-refractivity contribution in [2.24, 2.45) is 0 Å². The van der Waals surface area contributed by atoms with E-state index in [0.717, 1.165) is 17.0 Å². The highest BCUT2D eigenvalue weighted by Crippen LogP contribution is 2.28. The fraction of sp³-hybridized carbons (Fsp3) is 0.400. The standard InChI is InChI=1S/C20H24N2O5S/c1-13-17(14(2)22(21-13)15-9-10-28(24,25)12-15)7-8-19(23)18-6-5-16(26-3)11-20(18)27-4/h5-8,11,15H,9-10,12H2,1-4H3/b8-7+/t15-/m1/s1. The molecule has 0 saturated carbocycles. The van der Waals surface area contributed by atoms with Crippen molar-refractivity contribution in [3.05, 3.63) is 46.8 Å². The first-order valence-electron chi connectivity index (χ1n) is 8.96. The van der Waals surface area contributed by atoms with E-state index in [1.807, 2.05) is 13.8 Å². The van der Waals surface area contributed by atoms with E-state index >= 15 is 0 Å². The molecule has 0 N–H and O–H groups in total. The molecule has 3 rings (SSSR count). The Balaban J connectivity index is 1.86. The van der Waals surface area contributed by atoms with Gasteiger partial charge in [0.25, 0.3) is 0 Å². The highest BCUT2D eigenvalue weighted by atomic mass is 32.2. The van der Waals surface area contributed by atoms with E-state index in [4.69, 9.17) is 9.47 Å². The number of hydrogen-bond acceptors (Lipinski definition) is 6. The number of aromatic nitrogens is 2. The molecule has 0 spiro atoms. The van der Waals surface area contributed by atoms with Crippen LogP contribution >= 0.6 is 0 Å². The van der Waals surface area contributed by atoms with Crippen molar-refractivity contribution < 1.29 is 22.7 Å². The minimum Gasteiger partial charge on any atom is -0.497 e. The van der Waals surface area contributed by atoms with E-state index in [-0.39, 0.29) is 23.3 Å². The Bertz CT molecular complexity index is 1040. The van der Waals surface area contributed by atoms with Crippen LogP contribution in [0.2, 0.25) is 0 Å². The van der Waals surface area contributed by atoms with Crippen LogP contribution in [0.3, 0.4) is 0 Å². The summed E-state index contributed by atoms with van der Waals surface area (Å²) in [5.74, 6) is 1.15. The number of carbonyl (C=O) groups is 1. The zero-order valence-corrected chi connectivity index (χ0v) is 17.2. The van der Waals surface area contributed by atoms with Crippen LogP contribution in [0.1, 0.15) is 39.8 Å². The van der Waals surface area contributed by atoms with Crippen molar-refractivity contribution in [2.75, 3.05) is 25.7 Å². The number of nitrogens with zero attached hydrogens (tertiary/aromatic N) is 2. The minimum atomic E-state index is -3.00. The van der Waals surface area contributed by atoms with E-state index < -0.39 is 9.84 Å². The third-order valence-corrected chi connectivity index (χ3v) is 6.76.